The number of fused-ring (bicyclic) bond motifs is 3. The minimum Gasteiger partial charge on any atom is -0.455 e. The number of aryl methyl sites for hydroxylation is 1. The fraction of sp³-hybridized carbons (Fsp3) is 0.0833. The first-order chi connectivity index (χ1) is 14.6. The molecule has 0 fully saturated rings. The minimum absolute atomic E-state index is 0.248. The molecule has 5 aromatic rings. The largest absolute Gasteiger partial charge is 0.455 e. The van der Waals surface area contributed by atoms with Crippen LogP contribution in [0.15, 0.2) is 71.1 Å². The molecule has 5 rings (SSSR count). The van der Waals surface area contributed by atoms with Crippen LogP contribution in [0, 0.1) is 0 Å². The number of anilines is 1. The van der Waals surface area contributed by atoms with Gasteiger partial charge in [0.2, 0.25) is 0 Å². The quantitative estimate of drug-likeness (QED) is 0.327. The number of thiazole rings is 1. The van der Waals surface area contributed by atoms with E-state index in [-0.39, 0.29) is 5.91 Å². The lowest BCUT2D eigenvalue weighted by atomic mass is 10.1. The molecule has 0 saturated carbocycles. The van der Waals surface area contributed by atoms with E-state index in [0.717, 1.165) is 33.3 Å². The number of nitrogens with zero attached hydrogens (tertiary/aromatic N) is 1. The van der Waals surface area contributed by atoms with Crippen LogP contribution in [0.4, 0.5) is 5.13 Å². The Hall–Kier alpha value is -3.15. The van der Waals surface area contributed by atoms with Crippen molar-refractivity contribution in [2.24, 2.45) is 0 Å². The maximum atomic E-state index is 13.1. The maximum absolute atomic E-state index is 13.1. The number of carbonyl (C=O) groups excluding carboxylic acids is 1. The molecule has 3 aromatic carbocycles. The van der Waals surface area contributed by atoms with Gasteiger partial charge in [0.15, 0.2) is 5.13 Å². The molecule has 30 heavy (non-hydrogen) atoms. The lowest BCUT2D eigenvalue weighted by Gasteiger charge is -2.02. The van der Waals surface area contributed by atoms with Gasteiger partial charge in [-0.3, -0.25) is 10.1 Å². The van der Waals surface area contributed by atoms with Gasteiger partial charge >= 0.3 is 0 Å². The zero-order valence-electron chi connectivity index (χ0n) is 16.1. The number of carbonyl (C=O) groups is 1. The first-order valence-electron chi connectivity index (χ1n) is 9.61. The molecule has 0 atom stereocenters. The van der Waals surface area contributed by atoms with E-state index in [0.29, 0.717) is 26.9 Å². The Morgan fingerprint density at radius 3 is 2.70 bits per heavy atom. The molecular formula is C24H17ClN2O2S. The number of hydrogen-bond acceptors (Lipinski definition) is 4. The summed E-state index contributed by atoms with van der Waals surface area (Å²) >= 11 is 7.64. The minimum atomic E-state index is -0.248. The highest BCUT2D eigenvalue weighted by atomic mass is 35.5. The summed E-state index contributed by atoms with van der Waals surface area (Å²) < 4.78 is 5.98. The highest BCUT2D eigenvalue weighted by Crippen LogP contribution is 2.34. The highest BCUT2D eigenvalue weighted by Gasteiger charge is 2.19. The van der Waals surface area contributed by atoms with E-state index in [4.69, 9.17) is 16.0 Å². The Morgan fingerprint density at radius 2 is 1.90 bits per heavy atom. The molecule has 0 unspecified atom stereocenters. The van der Waals surface area contributed by atoms with Crippen molar-refractivity contribution in [2.45, 2.75) is 13.3 Å². The van der Waals surface area contributed by atoms with Crippen molar-refractivity contribution in [1.82, 2.24) is 4.98 Å². The van der Waals surface area contributed by atoms with Crippen molar-refractivity contribution in [2.75, 3.05) is 5.32 Å². The van der Waals surface area contributed by atoms with Crippen LogP contribution in [0.25, 0.3) is 33.2 Å². The normalized spacial score (nSPS) is 11.3. The van der Waals surface area contributed by atoms with Crippen LogP contribution in [0.5, 0.6) is 0 Å². The number of amides is 1. The lowest BCUT2D eigenvalue weighted by Crippen LogP contribution is -2.11. The van der Waals surface area contributed by atoms with Crippen molar-refractivity contribution >= 4 is 55.9 Å². The van der Waals surface area contributed by atoms with Gasteiger partial charge in [-0.15, -0.1) is 11.3 Å². The van der Waals surface area contributed by atoms with E-state index in [9.17, 15) is 4.79 Å². The SMILES string of the molecule is CCc1sc(NC(=O)c2cccc3c2oc2ccc(Cl)cc23)nc1-c1ccccc1. The van der Waals surface area contributed by atoms with Crippen LogP contribution in [0.1, 0.15) is 22.2 Å². The van der Waals surface area contributed by atoms with Gasteiger partial charge in [-0.2, -0.15) is 0 Å². The molecule has 4 nitrogen and oxygen atoms in total. The molecule has 0 aliphatic carbocycles. The summed E-state index contributed by atoms with van der Waals surface area (Å²) in [5.74, 6) is -0.248. The van der Waals surface area contributed by atoms with Gasteiger partial charge < -0.3 is 4.42 Å². The van der Waals surface area contributed by atoms with Crippen molar-refractivity contribution in [1.29, 1.82) is 0 Å². The summed E-state index contributed by atoms with van der Waals surface area (Å²) in [5.41, 5.74) is 3.66. The zero-order chi connectivity index (χ0) is 20.7. The predicted octanol–water partition coefficient (Wildman–Crippen LogP) is 7.18. The van der Waals surface area contributed by atoms with E-state index in [1.807, 2.05) is 54.6 Å². The smallest absolute Gasteiger partial charge is 0.261 e. The van der Waals surface area contributed by atoms with Crippen LogP contribution in [0.3, 0.4) is 0 Å². The van der Waals surface area contributed by atoms with E-state index >= 15 is 0 Å². The Labute approximate surface area is 182 Å². The van der Waals surface area contributed by atoms with Crippen molar-refractivity contribution in [3.8, 4) is 11.3 Å². The van der Waals surface area contributed by atoms with Gasteiger partial charge in [0, 0.05) is 26.2 Å². The summed E-state index contributed by atoms with van der Waals surface area (Å²) in [5, 5.41) is 5.91. The van der Waals surface area contributed by atoms with E-state index in [2.05, 4.69) is 17.2 Å². The van der Waals surface area contributed by atoms with Crippen LogP contribution < -0.4 is 5.32 Å². The number of halogens is 1. The average Bonchev–Trinajstić information content (AvgIpc) is 3.35. The summed E-state index contributed by atoms with van der Waals surface area (Å²) in [7, 11) is 0. The first-order valence-corrected chi connectivity index (χ1v) is 10.8. The zero-order valence-corrected chi connectivity index (χ0v) is 17.7. The summed E-state index contributed by atoms with van der Waals surface area (Å²) in [6.07, 6.45) is 0.845. The second-order valence-electron chi connectivity index (χ2n) is 6.89. The third-order valence-electron chi connectivity index (χ3n) is 4.99. The topological polar surface area (TPSA) is 55.1 Å². The molecule has 2 aromatic heterocycles. The molecule has 1 amide bonds. The predicted molar refractivity (Wildman–Crippen MR) is 124 cm³/mol. The third kappa shape index (κ3) is 3.26. The third-order valence-corrected chi connectivity index (χ3v) is 6.34. The molecule has 0 saturated heterocycles. The molecule has 1 N–H and O–H groups in total. The Morgan fingerprint density at radius 1 is 1.07 bits per heavy atom. The van der Waals surface area contributed by atoms with Crippen LogP contribution in [-0.2, 0) is 6.42 Å². The molecule has 0 aliphatic heterocycles. The number of aromatic nitrogens is 1. The van der Waals surface area contributed by atoms with Crippen molar-refractivity contribution < 1.29 is 9.21 Å². The molecule has 6 heteroatoms. The van der Waals surface area contributed by atoms with Gasteiger partial charge in [0.1, 0.15) is 11.2 Å². The molecule has 0 aliphatic rings. The van der Waals surface area contributed by atoms with E-state index in [1.165, 1.54) is 11.3 Å². The summed E-state index contributed by atoms with van der Waals surface area (Å²) in [4.78, 5) is 18.9. The second kappa shape index (κ2) is 7.59. The van der Waals surface area contributed by atoms with Gasteiger partial charge in [-0.1, -0.05) is 61.0 Å². The van der Waals surface area contributed by atoms with Gasteiger partial charge in [-0.05, 0) is 30.7 Å². The average molecular weight is 433 g/mol. The molecule has 0 radical (unpaired) electrons. The Kier molecular flexibility index (Phi) is 4.77. The van der Waals surface area contributed by atoms with Gasteiger partial charge in [0.05, 0.1) is 11.3 Å². The van der Waals surface area contributed by atoms with E-state index in [1.54, 1.807) is 12.1 Å². The summed E-state index contributed by atoms with van der Waals surface area (Å²) in [6, 6.07) is 21.0. The molecule has 148 valence electrons. The maximum Gasteiger partial charge on any atom is 0.261 e. The van der Waals surface area contributed by atoms with Crippen LogP contribution in [-0.4, -0.2) is 10.9 Å². The molecule has 2 heterocycles. The second-order valence-corrected chi connectivity index (χ2v) is 8.41. The number of benzene rings is 3. The number of para-hydroxylation sites is 1. The molecular weight excluding hydrogens is 416 g/mol. The number of hydrogen-bond donors (Lipinski definition) is 1. The highest BCUT2D eigenvalue weighted by molar-refractivity contribution is 7.16. The fourth-order valence-corrected chi connectivity index (χ4v) is 4.67. The number of furan rings is 1. The molecule has 0 bridgehead atoms. The monoisotopic (exact) mass is 432 g/mol. The van der Waals surface area contributed by atoms with Crippen LogP contribution >= 0.6 is 22.9 Å². The number of rotatable bonds is 4. The Bertz CT molecular complexity index is 1390. The van der Waals surface area contributed by atoms with Gasteiger partial charge in [0.25, 0.3) is 5.91 Å². The standard InChI is InChI=1S/C24H17ClN2O2S/c1-2-20-21(14-7-4-3-5-8-14)26-24(30-20)27-23(28)17-10-6-9-16-18-13-15(25)11-12-19(18)29-22(16)17/h3-13H,2H2,1H3,(H,26,27,28). The fourth-order valence-electron chi connectivity index (χ4n) is 3.58. The van der Waals surface area contributed by atoms with Crippen molar-refractivity contribution in [3.05, 3.63) is 82.2 Å². The number of nitrogens with one attached hydrogen (secondary N) is 1. The molecule has 0 spiro atoms. The van der Waals surface area contributed by atoms with Crippen LogP contribution in [0.2, 0.25) is 5.02 Å². The van der Waals surface area contributed by atoms with Crippen molar-refractivity contribution in [3.63, 3.8) is 0 Å². The Balaban J connectivity index is 1.52. The first kappa shape index (κ1) is 18.9. The van der Waals surface area contributed by atoms with Gasteiger partial charge in [-0.25, -0.2) is 4.98 Å². The lowest BCUT2D eigenvalue weighted by molar-refractivity contribution is 0.102. The summed E-state index contributed by atoms with van der Waals surface area (Å²) in [6.45, 7) is 2.09. The van der Waals surface area contributed by atoms with E-state index < -0.39 is 0 Å².